The topological polar surface area (TPSA) is 89.8 Å². The minimum absolute atomic E-state index is 0.124. The maximum atomic E-state index is 13.1. The standard InChI is InChI=1S/C26H28N2O5/c29-24(10-8-18-7-9-22-23(15-18)33-17-32-22)27-21-6-4-5-20-19(21)11-14-28(25(20)30)16-26(31)12-2-1-3-13-26/h4-7,9,11,14-15,31H,1-3,8,10,12-13,16-17H2,(H,27,29). The number of rotatable bonds is 6. The van der Waals surface area contributed by atoms with E-state index in [1.807, 2.05) is 24.3 Å². The van der Waals surface area contributed by atoms with Crippen LogP contribution in [0.25, 0.3) is 10.8 Å². The van der Waals surface area contributed by atoms with Crippen molar-refractivity contribution in [3.05, 3.63) is 64.6 Å². The normalized spacial score (nSPS) is 16.6. The molecule has 7 nitrogen and oxygen atoms in total. The highest BCUT2D eigenvalue weighted by Crippen LogP contribution is 2.33. The Balaban J connectivity index is 1.29. The van der Waals surface area contributed by atoms with Gasteiger partial charge in [-0.05, 0) is 55.2 Å². The van der Waals surface area contributed by atoms with Crippen molar-refractivity contribution >= 4 is 22.4 Å². The first-order valence-corrected chi connectivity index (χ1v) is 11.5. The van der Waals surface area contributed by atoms with Crippen LogP contribution < -0.4 is 20.3 Å². The molecule has 1 aliphatic carbocycles. The summed E-state index contributed by atoms with van der Waals surface area (Å²) in [6, 6.07) is 12.9. The summed E-state index contributed by atoms with van der Waals surface area (Å²) in [7, 11) is 0. The zero-order valence-corrected chi connectivity index (χ0v) is 18.5. The van der Waals surface area contributed by atoms with Gasteiger partial charge in [0.1, 0.15) is 0 Å². The minimum atomic E-state index is -0.823. The molecular weight excluding hydrogens is 420 g/mol. The molecule has 0 radical (unpaired) electrons. The van der Waals surface area contributed by atoms with Crippen molar-refractivity contribution in [2.75, 3.05) is 12.1 Å². The van der Waals surface area contributed by atoms with Crippen LogP contribution in [0, 0.1) is 0 Å². The van der Waals surface area contributed by atoms with Crippen molar-refractivity contribution in [1.82, 2.24) is 4.57 Å². The molecule has 1 fully saturated rings. The number of nitrogens with zero attached hydrogens (tertiary/aromatic N) is 1. The van der Waals surface area contributed by atoms with Crippen LogP contribution in [-0.2, 0) is 17.8 Å². The van der Waals surface area contributed by atoms with E-state index in [4.69, 9.17) is 9.47 Å². The molecule has 2 aromatic carbocycles. The van der Waals surface area contributed by atoms with Gasteiger partial charge in [0, 0.05) is 29.1 Å². The summed E-state index contributed by atoms with van der Waals surface area (Å²) in [5.41, 5.74) is 0.638. The average Bonchev–Trinajstić information content (AvgIpc) is 3.28. The predicted molar refractivity (Wildman–Crippen MR) is 126 cm³/mol. The van der Waals surface area contributed by atoms with Crippen LogP contribution in [-0.4, -0.2) is 28.0 Å². The number of fused-ring (bicyclic) bond motifs is 2. The lowest BCUT2D eigenvalue weighted by Gasteiger charge is -2.32. The number of nitrogens with one attached hydrogen (secondary N) is 1. The number of pyridine rings is 1. The first-order valence-electron chi connectivity index (χ1n) is 11.5. The Morgan fingerprint density at radius 3 is 2.70 bits per heavy atom. The molecule has 1 aliphatic heterocycles. The molecule has 0 unspecified atom stereocenters. The maximum Gasteiger partial charge on any atom is 0.258 e. The number of aliphatic hydroxyl groups is 1. The van der Waals surface area contributed by atoms with Crippen LogP contribution in [0.3, 0.4) is 0 Å². The van der Waals surface area contributed by atoms with E-state index in [9.17, 15) is 14.7 Å². The lowest BCUT2D eigenvalue weighted by atomic mass is 9.85. The first kappa shape index (κ1) is 21.5. The smallest absolute Gasteiger partial charge is 0.258 e. The van der Waals surface area contributed by atoms with Gasteiger partial charge < -0.3 is 24.5 Å². The molecule has 172 valence electrons. The summed E-state index contributed by atoms with van der Waals surface area (Å²) in [6.45, 7) is 0.523. The summed E-state index contributed by atoms with van der Waals surface area (Å²) in [6.07, 6.45) is 7.14. The second kappa shape index (κ2) is 8.90. The van der Waals surface area contributed by atoms with Gasteiger partial charge in [-0.25, -0.2) is 0 Å². The van der Waals surface area contributed by atoms with Gasteiger partial charge in [0.25, 0.3) is 5.56 Å². The number of hydrogen-bond donors (Lipinski definition) is 2. The zero-order valence-electron chi connectivity index (χ0n) is 18.5. The van der Waals surface area contributed by atoms with Gasteiger partial charge >= 0.3 is 0 Å². The largest absolute Gasteiger partial charge is 0.454 e. The summed E-state index contributed by atoms with van der Waals surface area (Å²) < 4.78 is 12.3. The van der Waals surface area contributed by atoms with E-state index in [0.717, 1.165) is 43.4 Å². The van der Waals surface area contributed by atoms with Crippen LogP contribution in [0.2, 0.25) is 0 Å². The number of anilines is 1. The molecule has 2 N–H and O–H groups in total. The summed E-state index contributed by atoms with van der Waals surface area (Å²) in [5, 5.41) is 15.1. The van der Waals surface area contributed by atoms with Crippen LogP contribution >= 0.6 is 0 Å². The molecular formula is C26H28N2O5. The van der Waals surface area contributed by atoms with Crippen molar-refractivity contribution in [1.29, 1.82) is 0 Å². The fraction of sp³-hybridized carbons (Fsp3) is 0.385. The molecule has 7 heteroatoms. The number of amides is 1. The Labute approximate surface area is 191 Å². The summed E-state index contributed by atoms with van der Waals surface area (Å²) in [4.78, 5) is 25.7. The van der Waals surface area contributed by atoms with Crippen molar-refractivity contribution in [3.63, 3.8) is 0 Å². The molecule has 2 heterocycles. The third kappa shape index (κ3) is 4.59. The van der Waals surface area contributed by atoms with E-state index >= 15 is 0 Å². The molecule has 1 saturated carbocycles. The molecule has 0 bridgehead atoms. The number of hydrogen-bond acceptors (Lipinski definition) is 5. The lowest BCUT2D eigenvalue weighted by molar-refractivity contribution is -0.116. The Hall–Kier alpha value is -3.32. The molecule has 33 heavy (non-hydrogen) atoms. The monoisotopic (exact) mass is 448 g/mol. The number of aryl methyl sites for hydroxylation is 1. The SMILES string of the molecule is O=C(CCc1ccc2c(c1)OCO2)Nc1cccc2c(=O)n(CC3(O)CCCCC3)ccc12. The molecule has 0 saturated heterocycles. The van der Waals surface area contributed by atoms with Gasteiger partial charge in [0.2, 0.25) is 12.7 Å². The van der Waals surface area contributed by atoms with Gasteiger partial charge in [-0.3, -0.25) is 9.59 Å². The van der Waals surface area contributed by atoms with Crippen molar-refractivity contribution in [3.8, 4) is 11.5 Å². The highest BCUT2D eigenvalue weighted by atomic mass is 16.7. The molecule has 0 atom stereocenters. The number of benzene rings is 2. The highest BCUT2D eigenvalue weighted by Gasteiger charge is 2.30. The number of carbonyl (C=O) groups is 1. The van der Waals surface area contributed by atoms with Crippen molar-refractivity contribution in [2.24, 2.45) is 0 Å². The van der Waals surface area contributed by atoms with Gasteiger partial charge in [0.05, 0.1) is 12.1 Å². The summed E-state index contributed by atoms with van der Waals surface area (Å²) >= 11 is 0. The van der Waals surface area contributed by atoms with E-state index in [0.29, 0.717) is 41.6 Å². The Morgan fingerprint density at radius 1 is 1.03 bits per heavy atom. The molecule has 2 aliphatic rings. The molecule has 3 aromatic rings. The lowest BCUT2D eigenvalue weighted by Crippen LogP contribution is -2.39. The third-order valence-corrected chi connectivity index (χ3v) is 6.62. The fourth-order valence-corrected chi connectivity index (χ4v) is 4.80. The van der Waals surface area contributed by atoms with Gasteiger partial charge in [-0.1, -0.05) is 31.4 Å². The molecule has 5 rings (SSSR count). The molecule has 0 spiro atoms. The molecule has 1 aromatic heterocycles. The van der Waals surface area contributed by atoms with Crippen molar-refractivity contribution < 1.29 is 19.4 Å². The van der Waals surface area contributed by atoms with Crippen molar-refractivity contribution in [2.45, 2.75) is 57.1 Å². The van der Waals surface area contributed by atoms with Gasteiger partial charge in [-0.15, -0.1) is 0 Å². The quantitative estimate of drug-likeness (QED) is 0.595. The predicted octanol–water partition coefficient (Wildman–Crippen LogP) is 4.00. The summed E-state index contributed by atoms with van der Waals surface area (Å²) in [5.74, 6) is 1.30. The Bertz CT molecular complexity index is 1240. The third-order valence-electron chi connectivity index (χ3n) is 6.62. The number of ether oxygens (including phenoxy) is 2. The van der Waals surface area contributed by atoms with E-state index in [1.54, 1.807) is 29.0 Å². The van der Waals surface area contributed by atoms with Crippen LogP contribution in [0.15, 0.2) is 53.5 Å². The van der Waals surface area contributed by atoms with Crippen LogP contribution in [0.5, 0.6) is 11.5 Å². The van der Waals surface area contributed by atoms with E-state index in [-0.39, 0.29) is 18.3 Å². The molecule has 1 amide bonds. The van der Waals surface area contributed by atoms with Crippen LogP contribution in [0.4, 0.5) is 5.69 Å². The highest BCUT2D eigenvalue weighted by molar-refractivity contribution is 6.01. The number of carbonyl (C=O) groups excluding carboxylic acids is 1. The minimum Gasteiger partial charge on any atom is -0.454 e. The van der Waals surface area contributed by atoms with E-state index in [1.165, 1.54) is 0 Å². The van der Waals surface area contributed by atoms with Crippen LogP contribution in [0.1, 0.15) is 44.1 Å². The number of aromatic nitrogens is 1. The Kier molecular flexibility index (Phi) is 5.81. The van der Waals surface area contributed by atoms with Gasteiger partial charge in [-0.2, -0.15) is 0 Å². The second-order valence-corrected chi connectivity index (χ2v) is 9.04. The second-order valence-electron chi connectivity index (χ2n) is 9.04. The van der Waals surface area contributed by atoms with Gasteiger partial charge in [0.15, 0.2) is 11.5 Å². The van der Waals surface area contributed by atoms with E-state index in [2.05, 4.69) is 5.32 Å². The zero-order chi connectivity index (χ0) is 22.8. The Morgan fingerprint density at radius 2 is 1.85 bits per heavy atom. The first-order chi connectivity index (χ1) is 16.0. The van der Waals surface area contributed by atoms with E-state index < -0.39 is 5.60 Å². The fourth-order valence-electron chi connectivity index (χ4n) is 4.80. The maximum absolute atomic E-state index is 13.1. The average molecular weight is 449 g/mol.